The highest BCUT2D eigenvalue weighted by Crippen LogP contribution is 2.33. The van der Waals surface area contributed by atoms with Gasteiger partial charge in [0.2, 0.25) is 0 Å². The second-order valence-corrected chi connectivity index (χ2v) is 4.85. The SMILES string of the molecule is Cc1cccc(N)c1-c1nc2ccc(C(F)(F)F)cc2[nH]1. The molecule has 0 aliphatic rings. The lowest BCUT2D eigenvalue weighted by Crippen LogP contribution is -2.04. The molecule has 0 radical (unpaired) electrons. The molecule has 3 N–H and O–H groups in total. The molecule has 0 spiro atoms. The van der Waals surface area contributed by atoms with E-state index in [2.05, 4.69) is 9.97 Å². The van der Waals surface area contributed by atoms with Gasteiger partial charge in [-0.3, -0.25) is 0 Å². The predicted octanol–water partition coefficient (Wildman–Crippen LogP) is 4.14. The number of H-pyrrole nitrogens is 1. The molecule has 0 saturated carbocycles. The Morgan fingerprint density at radius 2 is 1.90 bits per heavy atom. The van der Waals surface area contributed by atoms with Crippen molar-refractivity contribution in [1.82, 2.24) is 9.97 Å². The van der Waals surface area contributed by atoms with E-state index < -0.39 is 11.7 Å². The van der Waals surface area contributed by atoms with Gasteiger partial charge in [-0.1, -0.05) is 12.1 Å². The van der Waals surface area contributed by atoms with E-state index in [1.165, 1.54) is 6.07 Å². The summed E-state index contributed by atoms with van der Waals surface area (Å²) in [6.45, 7) is 1.88. The van der Waals surface area contributed by atoms with Crippen LogP contribution in [0.15, 0.2) is 36.4 Å². The quantitative estimate of drug-likeness (QED) is 0.662. The molecule has 3 aromatic rings. The number of anilines is 1. The lowest BCUT2D eigenvalue weighted by atomic mass is 10.1. The first kappa shape index (κ1) is 13.5. The maximum Gasteiger partial charge on any atom is 0.416 e. The van der Waals surface area contributed by atoms with E-state index in [1.807, 2.05) is 19.1 Å². The first-order valence-electron chi connectivity index (χ1n) is 6.28. The minimum Gasteiger partial charge on any atom is -0.398 e. The van der Waals surface area contributed by atoms with E-state index in [9.17, 15) is 13.2 Å². The van der Waals surface area contributed by atoms with Crippen molar-refractivity contribution in [3.8, 4) is 11.4 Å². The van der Waals surface area contributed by atoms with Crippen LogP contribution in [0.2, 0.25) is 0 Å². The van der Waals surface area contributed by atoms with E-state index in [4.69, 9.17) is 5.73 Å². The number of hydrogen-bond donors (Lipinski definition) is 2. The molecule has 0 bridgehead atoms. The van der Waals surface area contributed by atoms with Crippen LogP contribution in [0.3, 0.4) is 0 Å². The molecule has 108 valence electrons. The van der Waals surface area contributed by atoms with Crippen LogP contribution in [-0.4, -0.2) is 9.97 Å². The van der Waals surface area contributed by atoms with Crippen LogP contribution in [0.1, 0.15) is 11.1 Å². The fourth-order valence-corrected chi connectivity index (χ4v) is 2.32. The summed E-state index contributed by atoms with van der Waals surface area (Å²) in [5, 5.41) is 0. The first-order chi connectivity index (χ1) is 9.86. The lowest BCUT2D eigenvalue weighted by Gasteiger charge is -2.05. The highest BCUT2D eigenvalue weighted by atomic mass is 19.4. The zero-order valence-electron chi connectivity index (χ0n) is 11.1. The van der Waals surface area contributed by atoms with Crippen LogP contribution in [0.25, 0.3) is 22.4 Å². The van der Waals surface area contributed by atoms with Gasteiger partial charge in [0.05, 0.1) is 16.6 Å². The van der Waals surface area contributed by atoms with E-state index in [-0.39, 0.29) is 0 Å². The Morgan fingerprint density at radius 3 is 2.57 bits per heavy atom. The molecule has 0 atom stereocenters. The van der Waals surface area contributed by atoms with Gasteiger partial charge in [0, 0.05) is 11.3 Å². The number of aromatic amines is 1. The molecule has 0 unspecified atom stereocenters. The largest absolute Gasteiger partial charge is 0.416 e. The minimum absolute atomic E-state index is 0.336. The highest BCUT2D eigenvalue weighted by Gasteiger charge is 2.30. The molecular weight excluding hydrogens is 279 g/mol. The molecule has 0 amide bonds. The maximum atomic E-state index is 12.7. The summed E-state index contributed by atoms with van der Waals surface area (Å²) in [7, 11) is 0. The molecule has 21 heavy (non-hydrogen) atoms. The molecule has 0 aliphatic heterocycles. The summed E-state index contributed by atoms with van der Waals surface area (Å²) in [5.41, 5.74) is 8.19. The summed E-state index contributed by atoms with van der Waals surface area (Å²) in [6.07, 6.45) is -4.37. The van der Waals surface area contributed by atoms with Crippen molar-refractivity contribution < 1.29 is 13.2 Å². The second kappa shape index (κ2) is 4.51. The number of imidazole rings is 1. The van der Waals surface area contributed by atoms with Crippen molar-refractivity contribution >= 4 is 16.7 Å². The van der Waals surface area contributed by atoms with Crippen molar-refractivity contribution in [2.75, 3.05) is 5.73 Å². The Balaban J connectivity index is 2.18. The number of hydrogen-bond acceptors (Lipinski definition) is 2. The lowest BCUT2D eigenvalue weighted by molar-refractivity contribution is -0.137. The number of nitrogen functional groups attached to an aromatic ring is 1. The van der Waals surface area contributed by atoms with Crippen LogP contribution >= 0.6 is 0 Å². The summed E-state index contributed by atoms with van der Waals surface area (Å²) in [4.78, 5) is 7.24. The van der Waals surface area contributed by atoms with E-state index >= 15 is 0 Å². The summed E-state index contributed by atoms with van der Waals surface area (Å²) >= 11 is 0. The van der Waals surface area contributed by atoms with Crippen LogP contribution in [-0.2, 0) is 6.18 Å². The monoisotopic (exact) mass is 291 g/mol. The smallest absolute Gasteiger partial charge is 0.398 e. The Labute approximate surface area is 118 Å². The number of benzene rings is 2. The van der Waals surface area contributed by atoms with E-state index in [0.717, 1.165) is 17.7 Å². The summed E-state index contributed by atoms with van der Waals surface area (Å²) in [5.74, 6) is 0.472. The number of aromatic nitrogens is 2. The first-order valence-corrected chi connectivity index (χ1v) is 6.28. The number of alkyl halides is 3. The molecule has 6 heteroatoms. The number of nitrogens with one attached hydrogen (secondary N) is 1. The predicted molar refractivity (Wildman–Crippen MR) is 75.7 cm³/mol. The van der Waals surface area contributed by atoms with E-state index in [1.54, 1.807) is 6.07 Å². The Bertz CT molecular complexity index is 798. The van der Waals surface area contributed by atoms with Crippen LogP contribution in [0, 0.1) is 6.92 Å². The Hall–Kier alpha value is -2.50. The van der Waals surface area contributed by atoms with Crippen molar-refractivity contribution in [2.45, 2.75) is 13.1 Å². The maximum absolute atomic E-state index is 12.7. The van der Waals surface area contributed by atoms with Crippen molar-refractivity contribution in [3.05, 3.63) is 47.5 Å². The summed E-state index contributed by atoms with van der Waals surface area (Å²) < 4.78 is 38.2. The fraction of sp³-hybridized carbons (Fsp3) is 0.133. The molecule has 0 aliphatic carbocycles. The highest BCUT2D eigenvalue weighted by molar-refractivity contribution is 5.84. The minimum atomic E-state index is -4.37. The summed E-state index contributed by atoms with van der Waals surface area (Å²) in [6, 6.07) is 8.86. The molecular formula is C15H12F3N3. The third-order valence-electron chi connectivity index (χ3n) is 3.35. The van der Waals surface area contributed by atoms with Gasteiger partial charge in [0.1, 0.15) is 5.82 Å². The number of nitrogens with two attached hydrogens (primary N) is 1. The van der Waals surface area contributed by atoms with Gasteiger partial charge in [0.15, 0.2) is 0 Å². The third-order valence-corrected chi connectivity index (χ3v) is 3.35. The van der Waals surface area contributed by atoms with Crippen molar-refractivity contribution in [3.63, 3.8) is 0 Å². The fourth-order valence-electron chi connectivity index (χ4n) is 2.32. The number of nitrogens with zero attached hydrogens (tertiary/aromatic N) is 1. The van der Waals surface area contributed by atoms with Crippen LogP contribution < -0.4 is 5.73 Å². The average Bonchev–Trinajstić information content (AvgIpc) is 2.79. The Morgan fingerprint density at radius 1 is 1.14 bits per heavy atom. The van der Waals surface area contributed by atoms with E-state index in [0.29, 0.717) is 28.1 Å². The second-order valence-electron chi connectivity index (χ2n) is 4.85. The van der Waals surface area contributed by atoms with Gasteiger partial charge in [0.25, 0.3) is 0 Å². The van der Waals surface area contributed by atoms with Crippen molar-refractivity contribution in [1.29, 1.82) is 0 Å². The topological polar surface area (TPSA) is 54.7 Å². The molecule has 3 nitrogen and oxygen atoms in total. The van der Waals surface area contributed by atoms with Crippen molar-refractivity contribution in [2.24, 2.45) is 0 Å². The number of rotatable bonds is 1. The van der Waals surface area contributed by atoms with Crippen LogP contribution in [0.5, 0.6) is 0 Å². The molecule has 1 aromatic heterocycles. The molecule has 3 rings (SSSR count). The molecule has 0 fully saturated rings. The standard InChI is InChI=1S/C15H12F3N3/c1-8-3-2-4-10(19)13(8)14-20-11-6-5-9(15(16,17)18)7-12(11)21-14/h2-7H,19H2,1H3,(H,20,21). The van der Waals surface area contributed by atoms with Gasteiger partial charge < -0.3 is 10.7 Å². The molecule has 2 aromatic carbocycles. The molecule has 0 saturated heterocycles. The number of fused-ring (bicyclic) bond motifs is 1. The zero-order chi connectivity index (χ0) is 15.2. The zero-order valence-corrected chi connectivity index (χ0v) is 11.1. The van der Waals surface area contributed by atoms with Gasteiger partial charge >= 0.3 is 6.18 Å². The normalized spacial score (nSPS) is 12.0. The average molecular weight is 291 g/mol. The number of aryl methyl sites for hydroxylation is 1. The third kappa shape index (κ3) is 2.33. The number of halogens is 3. The molecule has 1 heterocycles. The Kier molecular flexibility index (Phi) is 2.90. The van der Waals surface area contributed by atoms with Gasteiger partial charge in [-0.25, -0.2) is 4.98 Å². The van der Waals surface area contributed by atoms with Gasteiger partial charge in [-0.2, -0.15) is 13.2 Å². The van der Waals surface area contributed by atoms with Gasteiger partial charge in [-0.05, 0) is 36.8 Å². The van der Waals surface area contributed by atoms with Gasteiger partial charge in [-0.15, -0.1) is 0 Å². The van der Waals surface area contributed by atoms with Crippen LogP contribution in [0.4, 0.5) is 18.9 Å².